The maximum absolute atomic E-state index is 4.52. The van der Waals surface area contributed by atoms with Crippen LogP contribution in [0.5, 0.6) is 0 Å². The topological polar surface area (TPSA) is 46.8 Å². The van der Waals surface area contributed by atoms with Crippen molar-refractivity contribution in [1.29, 1.82) is 0 Å². The van der Waals surface area contributed by atoms with Gasteiger partial charge in [-0.1, -0.05) is 73.5 Å². The first kappa shape index (κ1) is 16.9. The summed E-state index contributed by atoms with van der Waals surface area (Å²) in [5.41, 5.74) is 2.30. The smallest absolute Gasteiger partial charge is 0.172 e. The van der Waals surface area contributed by atoms with E-state index < -0.39 is 0 Å². The molecule has 2 aromatic carbocycles. The first-order valence-electron chi connectivity index (χ1n) is 9.28. The zero-order chi connectivity index (χ0) is 18.0. The van der Waals surface area contributed by atoms with Gasteiger partial charge in [0.2, 0.25) is 0 Å². The van der Waals surface area contributed by atoms with E-state index >= 15 is 0 Å². The molecule has 0 atom stereocenters. The number of hydrogen-bond donors (Lipinski definition) is 0. The van der Waals surface area contributed by atoms with Crippen molar-refractivity contribution in [3.8, 4) is 0 Å². The molecule has 0 saturated heterocycles. The Balaban J connectivity index is 1.88. The number of benzene rings is 2. The lowest BCUT2D eigenvalue weighted by molar-refractivity contribution is 0.139. The molecule has 0 unspecified atom stereocenters. The lowest BCUT2D eigenvalue weighted by Gasteiger charge is -2.36. The van der Waals surface area contributed by atoms with Crippen LogP contribution >= 0.6 is 0 Å². The molecule has 1 fully saturated rings. The SMILES string of the molecule is CN(C)C1(c2nnnn2C(c2ccccc2)c2ccccc2)CCCC1. The highest BCUT2D eigenvalue weighted by Crippen LogP contribution is 2.43. The van der Waals surface area contributed by atoms with Gasteiger partial charge in [0.1, 0.15) is 6.04 Å². The van der Waals surface area contributed by atoms with E-state index in [-0.39, 0.29) is 11.6 Å². The number of hydrogen-bond acceptors (Lipinski definition) is 4. The molecule has 1 heterocycles. The lowest BCUT2D eigenvalue weighted by atomic mass is 9.93. The van der Waals surface area contributed by atoms with Crippen LogP contribution in [-0.4, -0.2) is 39.2 Å². The minimum atomic E-state index is -0.0920. The van der Waals surface area contributed by atoms with Crippen LogP contribution in [0, 0.1) is 0 Å². The number of nitrogens with zero attached hydrogens (tertiary/aromatic N) is 5. The number of aromatic nitrogens is 4. The maximum atomic E-state index is 4.52. The van der Waals surface area contributed by atoms with E-state index in [0.717, 1.165) is 18.7 Å². The van der Waals surface area contributed by atoms with E-state index in [2.05, 4.69) is 83.1 Å². The van der Waals surface area contributed by atoms with Gasteiger partial charge in [0.25, 0.3) is 0 Å². The minimum absolute atomic E-state index is 0.0279. The Kier molecular flexibility index (Phi) is 4.55. The van der Waals surface area contributed by atoms with Crippen molar-refractivity contribution >= 4 is 0 Å². The largest absolute Gasteiger partial charge is 0.297 e. The average Bonchev–Trinajstić information content (AvgIpc) is 3.34. The Morgan fingerprint density at radius 3 is 1.92 bits per heavy atom. The second kappa shape index (κ2) is 7.00. The van der Waals surface area contributed by atoms with Gasteiger partial charge < -0.3 is 0 Å². The molecule has 1 aliphatic carbocycles. The number of rotatable bonds is 5. The Bertz CT molecular complexity index is 796. The molecule has 1 aliphatic rings. The van der Waals surface area contributed by atoms with E-state index in [0.29, 0.717) is 0 Å². The summed E-state index contributed by atoms with van der Waals surface area (Å²) in [6.45, 7) is 0. The summed E-state index contributed by atoms with van der Waals surface area (Å²) < 4.78 is 2.04. The highest BCUT2D eigenvalue weighted by Gasteiger charge is 2.43. The second-order valence-electron chi connectivity index (χ2n) is 7.30. The van der Waals surface area contributed by atoms with E-state index in [1.165, 1.54) is 24.0 Å². The predicted octanol–water partition coefficient (Wildman–Crippen LogP) is 3.64. The molecule has 0 amide bonds. The summed E-state index contributed by atoms with van der Waals surface area (Å²) in [6, 6.07) is 21.0. The molecule has 134 valence electrons. The van der Waals surface area contributed by atoms with E-state index in [9.17, 15) is 0 Å². The van der Waals surface area contributed by atoms with Gasteiger partial charge in [0.15, 0.2) is 5.82 Å². The summed E-state index contributed by atoms with van der Waals surface area (Å²) >= 11 is 0. The van der Waals surface area contributed by atoms with Gasteiger partial charge in [-0.2, -0.15) is 0 Å². The fourth-order valence-electron chi connectivity index (χ4n) is 4.25. The summed E-state index contributed by atoms with van der Waals surface area (Å²) in [4.78, 5) is 2.30. The molecule has 5 heteroatoms. The summed E-state index contributed by atoms with van der Waals surface area (Å²) in [5.74, 6) is 0.970. The average molecular weight is 347 g/mol. The van der Waals surface area contributed by atoms with E-state index in [1.54, 1.807) is 0 Å². The van der Waals surface area contributed by atoms with Gasteiger partial charge in [-0.25, -0.2) is 4.68 Å². The normalized spacial score (nSPS) is 16.5. The molecule has 1 aromatic heterocycles. The second-order valence-corrected chi connectivity index (χ2v) is 7.30. The standard InChI is InChI=1S/C21H25N5/c1-25(2)21(15-9-10-16-21)20-22-23-24-26(20)19(17-11-5-3-6-12-17)18-13-7-4-8-14-18/h3-8,11-14,19H,9-10,15-16H2,1-2H3. The molecule has 4 rings (SSSR count). The molecular weight excluding hydrogens is 322 g/mol. The van der Waals surface area contributed by atoms with Gasteiger partial charge in [0.05, 0.1) is 5.54 Å². The number of tetrazole rings is 1. The molecule has 3 aromatic rings. The molecule has 0 bridgehead atoms. The molecular formula is C21H25N5. The minimum Gasteiger partial charge on any atom is -0.297 e. The zero-order valence-electron chi connectivity index (χ0n) is 15.4. The highest BCUT2D eigenvalue weighted by atomic mass is 15.6. The molecule has 0 aliphatic heterocycles. The highest BCUT2D eigenvalue weighted by molar-refractivity contribution is 5.33. The maximum Gasteiger partial charge on any atom is 0.172 e. The van der Waals surface area contributed by atoms with Crippen molar-refractivity contribution in [1.82, 2.24) is 25.1 Å². The van der Waals surface area contributed by atoms with Crippen LogP contribution in [0.1, 0.15) is 48.7 Å². The van der Waals surface area contributed by atoms with Crippen molar-refractivity contribution in [3.05, 3.63) is 77.6 Å². The van der Waals surface area contributed by atoms with Crippen molar-refractivity contribution in [2.24, 2.45) is 0 Å². The van der Waals surface area contributed by atoms with Crippen LogP contribution in [0.3, 0.4) is 0 Å². The predicted molar refractivity (Wildman–Crippen MR) is 102 cm³/mol. The molecule has 0 spiro atoms. The summed E-state index contributed by atoms with van der Waals surface area (Å²) in [7, 11) is 4.29. The van der Waals surface area contributed by atoms with Crippen LogP contribution in [-0.2, 0) is 5.54 Å². The van der Waals surface area contributed by atoms with Crippen molar-refractivity contribution in [2.75, 3.05) is 14.1 Å². The molecule has 1 saturated carbocycles. The third kappa shape index (κ3) is 2.82. The van der Waals surface area contributed by atoms with Gasteiger partial charge >= 0.3 is 0 Å². The van der Waals surface area contributed by atoms with Gasteiger partial charge in [-0.3, -0.25) is 4.90 Å². The fraction of sp³-hybridized carbons (Fsp3) is 0.381. The Morgan fingerprint density at radius 1 is 0.885 bits per heavy atom. The van der Waals surface area contributed by atoms with Crippen molar-refractivity contribution in [3.63, 3.8) is 0 Å². The van der Waals surface area contributed by atoms with E-state index in [4.69, 9.17) is 0 Å². The monoisotopic (exact) mass is 347 g/mol. The third-order valence-corrected chi connectivity index (χ3v) is 5.67. The molecule has 0 radical (unpaired) electrons. The quantitative estimate of drug-likeness (QED) is 0.707. The Labute approximate surface area is 154 Å². The van der Waals surface area contributed by atoms with Crippen molar-refractivity contribution in [2.45, 2.75) is 37.3 Å². The zero-order valence-corrected chi connectivity index (χ0v) is 15.4. The summed E-state index contributed by atoms with van der Waals surface area (Å²) in [6.07, 6.45) is 4.62. The van der Waals surface area contributed by atoms with Crippen LogP contribution in [0.4, 0.5) is 0 Å². The van der Waals surface area contributed by atoms with E-state index in [1.807, 2.05) is 16.8 Å². The van der Waals surface area contributed by atoms with Crippen molar-refractivity contribution < 1.29 is 0 Å². The third-order valence-electron chi connectivity index (χ3n) is 5.67. The van der Waals surface area contributed by atoms with Gasteiger partial charge in [0, 0.05) is 0 Å². The molecule has 26 heavy (non-hydrogen) atoms. The fourth-order valence-corrected chi connectivity index (χ4v) is 4.25. The van der Waals surface area contributed by atoms with Crippen LogP contribution in [0.15, 0.2) is 60.7 Å². The molecule has 0 N–H and O–H groups in total. The Hall–Kier alpha value is -2.53. The van der Waals surface area contributed by atoms with Crippen LogP contribution in [0.25, 0.3) is 0 Å². The Morgan fingerprint density at radius 2 is 1.42 bits per heavy atom. The van der Waals surface area contributed by atoms with Gasteiger partial charge in [-0.15, -0.1) is 5.10 Å². The van der Waals surface area contributed by atoms with Gasteiger partial charge in [-0.05, 0) is 48.5 Å². The van der Waals surface area contributed by atoms with Crippen LogP contribution in [0.2, 0.25) is 0 Å². The lowest BCUT2D eigenvalue weighted by Crippen LogP contribution is -2.42. The molecule has 5 nitrogen and oxygen atoms in total. The first-order chi connectivity index (χ1) is 12.7. The van der Waals surface area contributed by atoms with Crippen LogP contribution < -0.4 is 0 Å². The first-order valence-corrected chi connectivity index (χ1v) is 9.28. The summed E-state index contributed by atoms with van der Waals surface area (Å²) in [5, 5.41) is 13.1.